The van der Waals surface area contributed by atoms with Gasteiger partial charge in [-0.25, -0.2) is 0 Å². The Hall–Kier alpha value is -5.61. The highest BCUT2D eigenvalue weighted by Crippen LogP contribution is 2.51. The van der Waals surface area contributed by atoms with E-state index in [0.717, 1.165) is 39.5 Å². The van der Waals surface area contributed by atoms with Gasteiger partial charge in [0, 0.05) is 41.5 Å². The van der Waals surface area contributed by atoms with Gasteiger partial charge in [-0.05, 0) is 56.6 Å². The second kappa shape index (κ2) is 8.95. The Morgan fingerprint density at radius 1 is 0.476 bits per heavy atom. The number of aromatic nitrogens is 2. The number of aliphatic imine (C=N–C) groups is 1. The molecule has 0 saturated carbocycles. The van der Waals surface area contributed by atoms with Crippen molar-refractivity contribution in [1.82, 2.24) is 9.97 Å². The van der Waals surface area contributed by atoms with Gasteiger partial charge in [0.2, 0.25) is 0 Å². The molecule has 6 aromatic rings. The number of nitrogens with zero attached hydrogens (tertiary/aromatic N) is 3. The second-order valence-corrected chi connectivity index (χ2v) is 10.9. The van der Waals surface area contributed by atoms with Crippen molar-refractivity contribution in [2.45, 2.75) is 5.92 Å². The molecule has 4 aromatic carbocycles. The molecule has 42 heavy (non-hydrogen) atoms. The summed E-state index contributed by atoms with van der Waals surface area (Å²) in [6, 6.07) is 38.8. The molecule has 0 saturated heterocycles. The third kappa shape index (κ3) is 3.26. The largest absolute Gasteiger partial charge is 0.354 e. The van der Waals surface area contributed by atoms with Crippen molar-refractivity contribution in [3.8, 4) is 22.3 Å². The topological polar surface area (TPSA) is 50.2 Å². The molecule has 196 valence electrons. The predicted molar refractivity (Wildman–Crippen MR) is 170 cm³/mol. The lowest BCUT2D eigenvalue weighted by Crippen LogP contribution is -2.18. The fraction of sp³-hybridized carbons (Fsp3) is 0.0263. The molecule has 0 fully saturated rings. The molecule has 4 nitrogen and oxygen atoms in total. The van der Waals surface area contributed by atoms with Crippen LogP contribution in [0.2, 0.25) is 0 Å². The van der Waals surface area contributed by atoms with Crippen molar-refractivity contribution in [1.29, 1.82) is 0 Å². The molecule has 1 aliphatic heterocycles. The summed E-state index contributed by atoms with van der Waals surface area (Å²) in [7, 11) is 0. The Kier molecular flexibility index (Phi) is 4.93. The lowest BCUT2D eigenvalue weighted by molar-refractivity contribution is 1.11. The van der Waals surface area contributed by atoms with E-state index in [1.807, 2.05) is 30.9 Å². The van der Waals surface area contributed by atoms with Gasteiger partial charge in [-0.2, -0.15) is 0 Å². The maximum absolute atomic E-state index is 5.52. The first-order valence-electron chi connectivity index (χ1n) is 14.2. The van der Waals surface area contributed by atoms with Crippen LogP contribution in [0.5, 0.6) is 0 Å². The van der Waals surface area contributed by atoms with E-state index in [9.17, 15) is 0 Å². The molecule has 3 aliphatic rings. The van der Waals surface area contributed by atoms with Crippen LogP contribution in [-0.4, -0.2) is 15.7 Å². The van der Waals surface area contributed by atoms with E-state index in [0.29, 0.717) is 0 Å². The molecule has 3 heterocycles. The zero-order valence-electron chi connectivity index (χ0n) is 22.6. The molecule has 1 N–H and O–H groups in total. The number of rotatable bonds is 1. The zero-order valence-corrected chi connectivity index (χ0v) is 22.6. The first-order valence-corrected chi connectivity index (χ1v) is 14.2. The molecule has 2 aromatic heterocycles. The smallest absolute Gasteiger partial charge is 0.0757 e. The monoisotopic (exact) mass is 536 g/mol. The van der Waals surface area contributed by atoms with Crippen LogP contribution >= 0.6 is 0 Å². The average molecular weight is 537 g/mol. The third-order valence-electron chi connectivity index (χ3n) is 8.71. The van der Waals surface area contributed by atoms with Crippen molar-refractivity contribution in [2.75, 3.05) is 5.32 Å². The standard InChI is InChI=1S/C38H24N4/c1-5-13-27-23(9-1)24-10-2-6-14-28(24)35(27)37-31-21-39-19-17-33(31)42-38(32-22-40-20-18-34(32)41-37)36-29-15-7-3-11-25(29)26-12-4-8-16-30(26)36/h1-22,35,42H. The molecule has 0 spiro atoms. The molecular weight excluding hydrogens is 512 g/mol. The Balaban J connectivity index is 1.36. The van der Waals surface area contributed by atoms with Gasteiger partial charge in [0.25, 0.3) is 0 Å². The van der Waals surface area contributed by atoms with E-state index in [-0.39, 0.29) is 5.92 Å². The minimum absolute atomic E-state index is 0.0229. The molecule has 0 amide bonds. The number of benzene rings is 4. The molecule has 9 rings (SSSR count). The number of nitrogens with one attached hydrogen (secondary N) is 1. The van der Waals surface area contributed by atoms with Crippen LogP contribution in [0.15, 0.2) is 139 Å². The summed E-state index contributed by atoms with van der Waals surface area (Å²) in [5.74, 6) is -0.0229. The molecule has 2 aliphatic carbocycles. The highest BCUT2D eigenvalue weighted by atomic mass is 14.9. The van der Waals surface area contributed by atoms with Gasteiger partial charge < -0.3 is 5.32 Å². The maximum atomic E-state index is 5.52. The molecular formula is C38H24N4. The first kappa shape index (κ1) is 23.1. The summed E-state index contributed by atoms with van der Waals surface area (Å²) >= 11 is 0. The van der Waals surface area contributed by atoms with Crippen molar-refractivity contribution in [3.05, 3.63) is 167 Å². The van der Waals surface area contributed by atoms with Gasteiger partial charge in [0.15, 0.2) is 0 Å². The van der Waals surface area contributed by atoms with Gasteiger partial charge in [-0.3, -0.25) is 15.0 Å². The summed E-state index contributed by atoms with van der Waals surface area (Å²) < 4.78 is 0. The van der Waals surface area contributed by atoms with E-state index in [1.165, 1.54) is 44.5 Å². The summed E-state index contributed by atoms with van der Waals surface area (Å²) in [5.41, 5.74) is 16.9. The third-order valence-corrected chi connectivity index (χ3v) is 8.71. The Morgan fingerprint density at radius 2 is 1.00 bits per heavy atom. The van der Waals surface area contributed by atoms with E-state index >= 15 is 0 Å². The Morgan fingerprint density at radius 3 is 1.64 bits per heavy atom. The Bertz CT molecular complexity index is 2040. The summed E-state index contributed by atoms with van der Waals surface area (Å²) in [5, 5.41) is 3.90. The van der Waals surface area contributed by atoms with Crippen LogP contribution in [0.1, 0.15) is 39.3 Å². The average Bonchev–Trinajstić information content (AvgIpc) is 3.55. The fourth-order valence-electron chi connectivity index (χ4n) is 6.93. The number of hydrogen-bond donors (Lipinski definition) is 1. The molecule has 0 bridgehead atoms. The molecule has 0 unspecified atom stereocenters. The fourth-order valence-corrected chi connectivity index (χ4v) is 6.93. The Labute approximate surface area is 243 Å². The van der Waals surface area contributed by atoms with E-state index in [1.54, 1.807) is 0 Å². The van der Waals surface area contributed by atoms with Crippen molar-refractivity contribution in [2.24, 2.45) is 4.99 Å². The van der Waals surface area contributed by atoms with E-state index < -0.39 is 0 Å². The number of anilines is 1. The molecule has 4 heteroatoms. The summed E-state index contributed by atoms with van der Waals surface area (Å²) in [6.45, 7) is 0. The van der Waals surface area contributed by atoms with Crippen molar-refractivity contribution >= 4 is 28.4 Å². The van der Waals surface area contributed by atoms with Crippen LogP contribution < -0.4 is 5.32 Å². The number of pyridine rings is 2. The lowest BCUT2D eigenvalue weighted by atomic mass is 9.87. The van der Waals surface area contributed by atoms with Gasteiger partial charge >= 0.3 is 0 Å². The first-order chi connectivity index (χ1) is 20.9. The van der Waals surface area contributed by atoms with Crippen LogP contribution in [0.3, 0.4) is 0 Å². The van der Waals surface area contributed by atoms with Crippen LogP contribution in [0.4, 0.5) is 11.4 Å². The number of hydrogen-bond acceptors (Lipinski definition) is 4. The van der Waals surface area contributed by atoms with Crippen LogP contribution in [0, 0.1) is 0 Å². The van der Waals surface area contributed by atoms with Crippen molar-refractivity contribution < 1.29 is 0 Å². The van der Waals surface area contributed by atoms with Crippen molar-refractivity contribution in [3.63, 3.8) is 0 Å². The van der Waals surface area contributed by atoms with Gasteiger partial charge in [0.1, 0.15) is 0 Å². The minimum atomic E-state index is -0.0229. The quantitative estimate of drug-likeness (QED) is 0.228. The lowest BCUT2D eigenvalue weighted by Gasteiger charge is -2.25. The normalized spacial score (nSPS) is 14.3. The second-order valence-electron chi connectivity index (χ2n) is 10.9. The molecule has 0 radical (unpaired) electrons. The van der Waals surface area contributed by atoms with E-state index in [4.69, 9.17) is 4.99 Å². The molecule has 0 atom stereocenters. The highest BCUT2D eigenvalue weighted by Gasteiger charge is 2.35. The number of fused-ring (bicyclic) bond motifs is 8. The predicted octanol–water partition coefficient (Wildman–Crippen LogP) is 8.73. The van der Waals surface area contributed by atoms with Gasteiger partial charge in [0.05, 0.1) is 28.7 Å². The van der Waals surface area contributed by atoms with Gasteiger partial charge in [-0.1, -0.05) is 97.1 Å². The van der Waals surface area contributed by atoms with Crippen LogP contribution in [0.25, 0.3) is 33.5 Å². The maximum Gasteiger partial charge on any atom is 0.0757 e. The SMILES string of the molecule is c1ccc2c(c1)C(=C1Nc3ccncc3C(C3c4ccccc4-c4ccccc43)=Nc3ccncc31)c1ccccc1-2. The summed E-state index contributed by atoms with van der Waals surface area (Å²) in [4.78, 5) is 14.7. The van der Waals surface area contributed by atoms with E-state index in [2.05, 4.69) is 118 Å². The highest BCUT2D eigenvalue weighted by molar-refractivity contribution is 6.19. The summed E-state index contributed by atoms with van der Waals surface area (Å²) in [6.07, 6.45) is 7.58. The van der Waals surface area contributed by atoms with Gasteiger partial charge in [-0.15, -0.1) is 0 Å². The van der Waals surface area contributed by atoms with Crippen LogP contribution in [-0.2, 0) is 0 Å². The minimum Gasteiger partial charge on any atom is -0.354 e. The zero-order chi connectivity index (χ0) is 27.6.